The van der Waals surface area contributed by atoms with Crippen molar-refractivity contribution in [1.82, 2.24) is 0 Å². The first-order valence-electron chi connectivity index (χ1n) is 2.82. The normalized spacial score (nSPS) is 16.2. The third kappa shape index (κ3) is 4.46. The Morgan fingerprint density at radius 2 is 2.30 bits per heavy atom. The van der Waals surface area contributed by atoms with E-state index >= 15 is 0 Å². The monoisotopic (exact) mass is 165 g/mol. The van der Waals surface area contributed by atoms with Crippen LogP contribution in [0.25, 0.3) is 0 Å². The maximum atomic E-state index is 10.4. The van der Waals surface area contributed by atoms with Crippen LogP contribution in [0.5, 0.6) is 0 Å². The van der Waals surface area contributed by atoms with E-state index in [1.807, 2.05) is 0 Å². The second-order valence-electron chi connectivity index (χ2n) is 2.01. The molecule has 0 amide bonds. The molecule has 0 saturated carbocycles. The van der Waals surface area contributed by atoms with Gasteiger partial charge in [0.25, 0.3) is 0 Å². The zero-order chi connectivity index (χ0) is 8.15. The van der Waals surface area contributed by atoms with Gasteiger partial charge in [-0.2, -0.15) is 0 Å². The van der Waals surface area contributed by atoms with Crippen LogP contribution in [0, 0.1) is 0 Å². The van der Waals surface area contributed by atoms with E-state index < -0.39 is 22.8 Å². The molecule has 0 aromatic heterocycles. The van der Waals surface area contributed by atoms with Gasteiger partial charge < -0.3 is 10.8 Å². The van der Waals surface area contributed by atoms with Crippen LogP contribution in [-0.4, -0.2) is 33.3 Å². The van der Waals surface area contributed by atoms with E-state index in [2.05, 4.69) is 0 Å². The first-order valence-corrected chi connectivity index (χ1v) is 4.55. The summed E-state index contributed by atoms with van der Waals surface area (Å²) in [7, 11) is -0.946. The molecule has 0 fully saturated rings. The molecule has 0 aromatic carbocycles. The molecule has 0 aromatic rings. The number of rotatable bonds is 4. The third-order valence-electron chi connectivity index (χ3n) is 1.03. The molecule has 60 valence electrons. The lowest BCUT2D eigenvalue weighted by atomic mass is 10.2. The Kier molecular flexibility index (Phi) is 4.22. The van der Waals surface area contributed by atoms with Gasteiger partial charge >= 0.3 is 5.97 Å². The molecule has 0 aliphatic heterocycles. The first-order chi connectivity index (χ1) is 4.54. The van der Waals surface area contributed by atoms with Gasteiger partial charge in [-0.3, -0.25) is 9.00 Å². The maximum absolute atomic E-state index is 10.4. The Bertz CT molecular complexity index is 148. The number of hydrogen-bond donors (Lipinski definition) is 2. The number of carboxylic acids is 1. The zero-order valence-electron chi connectivity index (χ0n) is 5.74. The minimum absolute atomic E-state index is 0.276. The van der Waals surface area contributed by atoms with Gasteiger partial charge in [-0.05, 0) is 6.42 Å². The van der Waals surface area contributed by atoms with E-state index in [0.29, 0.717) is 5.75 Å². The average molecular weight is 165 g/mol. The highest BCUT2D eigenvalue weighted by Crippen LogP contribution is 1.89. The maximum Gasteiger partial charge on any atom is 0.320 e. The number of aliphatic carboxylic acids is 1. The topological polar surface area (TPSA) is 80.4 Å². The van der Waals surface area contributed by atoms with Crippen molar-refractivity contribution < 1.29 is 14.1 Å². The van der Waals surface area contributed by atoms with Gasteiger partial charge in [0.2, 0.25) is 0 Å². The quantitative estimate of drug-likeness (QED) is 0.569. The summed E-state index contributed by atoms with van der Waals surface area (Å²) in [5.41, 5.74) is 5.13. The molecule has 0 saturated heterocycles. The first kappa shape index (κ1) is 9.58. The van der Waals surface area contributed by atoms with Crippen LogP contribution in [0.2, 0.25) is 0 Å². The van der Waals surface area contributed by atoms with Crippen molar-refractivity contribution in [1.29, 1.82) is 0 Å². The highest BCUT2D eigenvalue weighted by atomic mass is 32.2. The van der Waals surface area contributed by atoms with Crippen LogP contribution in [0.4, 0.5) is 0 Å². The molecule has 0 spiro atoms. The van der Waals surface area contributed by atoms with Gasteiger partial charge in [0.05, 0.1) is 0 Å². The minimum atomic E-state index is -1.04. The molecule has 0 heterocycles. The minimum Gasteiger partial charge on any atom is -0.480 e. The Hall–Kier alpha value is -0.420. The summed E-state index contributed by atoms with van der Waals surface area (Å²) in [4.78, 5) is 10.1. The van der Waals surface area contributed by atoms with Crippen LogP contribution in [0.15, 0.2) is 0 Å². The second-order valence-corrected chi connectivity index (χ2v) is 3.57. The predicted octanol–water partition coefficient (Wildman–Crippen LogP) is -0.833. The predicted molar refractivity (Wildman–Crippen MR) is 39.2 cm³/mol. The van der Waals surface area contributed by atoms with Gasteiger partial charge in [0.15, 0.2) is 0 Å². The zero-order valence-corrected chi connectivity index (χ0v) is 6.56. The van der Waals surface area contributed by atoms with Crippen molar-refractivity contribution in [2.45, 2.75) is 12.5 Å². The van der Waals surface area contributed by atoms with Crippen molar-refractivity contribution in [3.63, 3.8) is 0 Å². The Labute approximate surface area is 61.9 Å². The van der Waals surface area contributed by atoms with E-state index in [-0.39, 0.29) is 6.42 Å². The summed E-state index contributed by atoms with van der Waals surface area (Å²) in [6.45, 7) is 0. The molecule has 2 atom stereocenters. The highest BCUT2D eigenvalue weighted by molar-refractivity contribution is 7.84. The molecule has 3 N–H and O–H groups in total. The SMILES string of the molecule is CS(=O)CC[C@@H](N)C(=O)O. The summed E-state index contributed by atoms with van der Waals surface area (Å²) in [6.07, 6.45) is 1.80. The lowest BCUT2D eigenvalue weighted by Crippen LogP contribution is -2.31. The van der Waals surface area contributed by atoms with Crippen molar-refractivity contribution >= 4 is 16.8 Å². The molecular weight excluding hydrogens is 154 g/mol. The molecule has 0 radical (unpaired) electrons. The molecule has 0 aliphatic rings. The van der Waals surface area contributed by atoms with Gasteiger partial charge in [-0.25, -0.2) is 0 Å². The van der Waals surface area contributed by atoms with Crippen LogP contribution in [0.3, 0.4) is 0 Å². The molecule has 10 heavy (non-hydrogen) atoms. The number of nitrogens with two attached hydrogens (primary N) is 1. The number of hydrogen-bond acceptors (Lipinski definition) is 3. The fraction of sp³-hybridized carbons (Fsp3) is 0.800. The van der Waals surface area contributed by atoms with Crippen LogP contribution < -0.4 is 5.73 Å². The van der Waals surface area contributed by atoms with Gasteiger partial charge in [0.1, 0.15) is 6.04 Å². The van der Waals surface area contributed by atoms with E-state index in [0.717, 1.165) is 0 Å². The lowest BCUT2D eigenvalue weighted by molar-refractivity contribution is -0.138. The Morgan fingerprint density at radius 3 is 2.60 bits per heavy atom. The van der Waals surface area contributed by atoms with E-state index in [4.69, 9.17) is 10.8 Å². The number of carboxylic acid groups (broad SMARTS) is 1. The second kappa shape index (κ2) is 4.40. The summed E-state index contributed by atoms with van der Waals surface area (Å²) < 4.78 is 10.4. The van der Waals surface area contributed by atoms with Crippen molar-refractivity contribution in [3.05, 3.63) is 0 Å². The smallest absolute Gasteiger partial charge is 0.320 e. The lowest BCUT2D eigenvalue weighted by Gasteiger charge is -2.02. The fourth-order valence-electron chi connectivity index (χ4n) is 0.416. The Morgan fingerprint density at radius 1 is 1.80 bits per heavy atom. The van der Waals surface area contributed by atoms with Crippen molar-refractivity contribution in [2.24, 2.45) is 5.73 Å². The third-order valence-corrected chi connectivity index (χ3v) is 1.84. The van der Waals surface area contributed by atoms with Crippen LogP contribution in [-0.2, 0) is 15.6 Å². The summed E-state index contributed by atoms with van der Waals surface area (Å²) in [5.74, 6) is -0.682. The highest BCUT2D eigenvalue weighted by Gasteiger charge is 2.10. The standard InChI is InChI=1S/C5H11NO3S/c1-10(9)3-2-4(6)5(7)8/h4H,2-3,6H2,1H3,(H,7,8)/t4-,10?/m1/s1. The Balaban J connectivity index is 3.49. The van der Waals surface area contributed by atoms with Crippen LogP contribution in [0.1, 0.15) is 6.42 Å². The van der Waals surface area contributed by atoms with Gasteiger partial charge in [-0.15, -0.1) is 0 Å². The number of carbonyl (C=O) groups is 1. The average Bonchev–Trinajstić information content (AvgIpc) is 1.82. The largest absolute Gasteiger partial charge is 0.480 e. The molecular formula is C5H11NO3S. The van der Waals surface area contributed by atoms with E-state index in [1.54, 1.807) is 0 Å². The molecule has 5 heteroatoms. The molecule has 0 rings (SSSR count). The molecule has 0 bridgehead atoms. The molecule has 0 aliphatic carbocycles. The van der Waals surface area contributed by atoms with E-state index in [9.17, 15) is 9.00 Å². The van der Waals surface area contributed by atoms with Crippen molar-refractivity contribution in [2.75, 3.05) is 12.0 Å². The molecule has 4 nitrogen and oxygen atoms in total. The van der Waals surface area contributed by atoms with Gasteiger partial charge in [0, 0.05) is 22.8 Å². The fourth-order valence-corrected chi connectivity index (χ4v) is 1.00. The van der Waals surface area contributed by atoms with Crippen molar-refractivity contribution in [3.8, 4) is 0 Å². The summed E-state index contributed by atoms with van der Waals surface area (Å²) in [6, 6.07) is -0.871. The van der Waals surface area contributed by atoms with Crippen LogP contribution >= 0.6 is 0 Å². The summed E-state index contributed by atoms with van der Waals surface area (Å²) in [5, 5.41) is 8.27. The summed E-state index contributed by atoms with van der Waals surface area (Å²) >= 11 is 0. The molecule has 1 unspecified atom stereocenters. The van der Waals surface area contributed by atoms with Gasteiger partial charge in [-0.1, -0.05) is 0 Å². The van der Waals surface area contributed by atoms with E-state index in [1.165, 1.54) is 6.26 Å².